The molecule has 0 aromatic heterocycles. The van der Waals surface area contributed by atoms with Crippen molar-refractivity contribution in [3.63, 3.8) is 0 Å². The number of likely N-dealkylation sites (tertiary alicyclic amines) is 1. The molecule has 0 aliphatic carbocycles. The van der Waals surface area contributed by atoms with Gasteiger partial charge in [-0.1, -0.05) is 13.8 Å². The van der Waals surface area contributed by atoms with Crippen molar-refractivity contribution < 1.29 is 23.9 Å². The smallest absolute Gasteiger partial charge is 0.245 e. The Labute approximate surface area is 176 Å². The fourth-order valence-electron chi connectivity index (χ4n) is 4.28. The van der Waals surface area contributed by atoms with Crippen molar-refractivity contribution in [3.05, 3.63) is 18.2 Å². The number of ether oxygens (including phenoxy) is 2. The SMILES string of the molecule is CC(C)[C@@H](NC(=O)C1CC(=O)N(c2ccc3c(c2)OCO3)C1)C(=O)N1CCCCC1. The van der Waals surface area contributed by atoms with Crippen molar-refractivity contribution in [2.24, 2.45) is 11.8 Å². The molecule has 0 bridgehead atoms. The topological polar surface area (TPSA) is 88.2 Å². The Balaban J connectivity index is 1.41. The zero-order chi connectivity index (χ0) is 21.3. The van der Waals surface area contributed by atoms with Gasteiger partial charge in [0.2, 0.25) is 24.5 Å². The first-order valence-corrected chi connectivity index (χ1v) is 10.7. The summed E-state index contributed by atoms with van der Waals surface area (Å²) in [5.41, 5.74) is 0.685. The van der Waals surface area contributed by atoms with Gasteiger partial charge in [-0.2, -0.15) is 0 Å². The summed E-state index contributed by atoms with van der Waals surface area (Å²) in [6.07, 6.45) is 3.28. The number of nitrogens with one attached hydrogen (secondary N) is 1. The van der Waals surface area contributed by atoms with E-state index < -0.39 is 12.0 Å². The highest BCUT2D eigenvalue weighted by Crippen LogP contribution is 2.37. The van der Waals surface area contributed by atoms with Crippen LogP contribution in [0.2, 0.25) is 0 Å². The van der Waals surface area contributed by atoms with Crippen molar-refractivity contribution >= 4 is 23.4 Å². The second-order valence-corrected chi connectivity index (χ2v) is 8.56. The summed E-state index contributed by atoms with van der Waals surface area (Å²) in [5.74, 6) is 0.364. The highest BCUT2D eigenvalue weighted by atomic mass is 16.7. The number of amides is 3. The Kier molecular flexibility index (Phi) is 5.83. The lowest BCUT2D eigenvalue weighted by atomic mass is 9.99. The zero-order valence-electron chi connectivity index (χ0n) is 17.6. The highest BCUT2D eigenvalue weighted by Gasteiger charge is 2.38. The number of hydrogen-bond acceptors (Lipinski definition) is 5. The second-order valence-electron chi connectivity index (χ2n) is 8.56. The average molecular weight is 415 g/mol. The molecule has 162 valence electrons. The van der Waals surface area contributed by atoms with Crippen LogP contribution in [0.5, 0.6) is 11.5 Å². The number of hydrogen-bond donors (Lipinski definition) is 1. The largest absolute Gasteiger partial charge is 0.454 e. The van der Waals surface area contributed by atoms with E-state index in [1.165, 1.54) is 0 Å². The van der Waals surface area contributed by atoms with Gasteiger partial charge in [-0.15, -0.1) is 0 Å². The summed E-state index contributed by atoms with van der Waals surface area (Å²) in [6.45, 7) is 5.82. The molecule has 2 fully saturated rings. The summed E-state index contributed by atoms with van der Waals surface area (Å²) in [5, 5.41) is 2.94. The molecule has 2 saturated heterocycles. The van der Waals surface area contributed by atoms with Crippen LogP contribution >= 0.6 is 0 Å². The zero-order valence-corrected chi connectivity index (χ0v) is 17.6. The van der Waals surface area contributed by atoms with Gasteiger partial charge in [0.25, 0.3) is 0 Å². The fraction of sp³-hybridized carbons (Fsp3) is 0.591. The van der Waals surface area contributed by atoms with Gasteiger partial charge in [-0.25, -0.2) is 0 Å². The minimum atomic E-state index is -0.565. The standard InChI is InChI=1S/C22H29N3O5/c1-14(2)20(22(28)24-8-4-3-5-9-24)23-21(27)15-10-19(26)25(12-15)16-6-7-17-18(11-16)30-13-29-17/h6-7,11,14-15,20H,3-5,8-10,12-13H2,1-2H3,(H,23,27)/t15?,20-/m1/s1. The van der Waals surface area contributed by atoms with E-state index in [0.29, 0.717) is 17.2 Å². The molecule has 8 heteroatoms. The first kappa shape index (κ1) is 20.5. The van der Waals surface area contributed by atoms with E-state index in [4.69, 9.17) is 9.47 Å². The van der Waals surface area contributed by atoms with Crippen LogP contribution in [-0.2, 0) is 14.4 Å². The molecule has 3 amide bonds. The Morgan fingerprint density at radius 1 is 1.10 bits per heavy atom. The van der Waals surface area contributed by atoms with Crippen molar-refractivity contribution in [3.8, 4) is 11.5 Å². The van der Waals surface area contributed by atoms with E-state index in [1.807, 2.05) is 18.7 Å². The summed E-state index contributed by atoms with van der Waals surface area (Å²) >= 11 is 0. The molecule has 1 unspecified atom stereocenters. The van der Waals surface area contributed by atoms with Gasteiger partial charge in [0, 0.05) is 37.8 Å². The highest BCUT2D eigenvalue weighted by molar-refractivity contribution is 6.01. The van der Waals surface area contributed by atoms with E-state index in [9.17, 15) is 14.4 Å². The Hall–Kier alpha value is -2.77. The van der Waals surface area contributed by atoms with E-state index in [-0.39, 0.29) is 43.4 Å². The van der Waals surface area contributed by atoms with Crippen LogP contribution in [0.1, 0.15) is 39.5 Å². The molecule has 2 atom stereocenters. The normalized spacial score (nSPS) is 21.8. The number of anilines is 1. The molecule has 8 nitrogen and oxygen atoms in total. The summed E-state index contributed by atoms with van der Waals surface area (Å²) in [6, 6.07) is 4.76. The lowest BCUT2D eigenvalue weighted by Gasteiger charge is -2.32. The minimum Gasteiger partial charge on any atom is -0.454 e. The van der Waals surface area contributed by atoms with Gasteiger partial charge in [-0.05, 0) is 37.3 Å². The maximum atomic E-state index is 13.0. The summed E-state index contributed by atoms with van der Waals surface area (Å²) in [7, 11) is 0. The molecule has 4 rings (SSSR count). The summed E-state index contributed by atoms with van der Waals surface area (Å²) < 4.78 is 10.7. The van der Waals surface area contributed by atoms with Gasteiger partial charge in [0.15, 0.2) is 11.5 Å². The molecule has 3 aliphatic rings. The van der Waals surface area contributed by atoms with E-state index >= 15 is 0 Å². The third-order valence-electron chi connectivity index (χ3n) is 6.06. The van der Waals surface area contributed by atoms with E-state index in [2.05, 4.69) is 5.32 Å². The second kappa shape index (κ2) is 8.53. The number of piperidine rings is 1. The van der Waals surface area contributed by atoms with Crippen molar-refractivity contribution in [2.45, 2.75) is 45.6 Å². The number of carbonyl (C=O) groups is 3. The molecule has 3 aliphatic heterocycles. The molecule has 30 heavy (non-hydrogen) atoms. The lowest BCUT2D eigenvalue weighted by Crippen LogP contribution is -2.53. The minimum absolute atomic E-state index is 0.0185. The third-order valence-corrected chi connectivity index (χ3v) is 6.06. The quantitative estimate of drug-likeness (QED) is 0.794. The summed E-state index contributed by atoms with van der Waals surface area (Å²) in [4.78, 5) is 42.0. The first-order valence-electron chi connectivity index (χ1n) is 10.7. The van der Waals surface area contributed by atoms with Crippen molar-refractivity contribution in [1.82, 2.24) is 10.2 Å². The molecule has 3 heterocycles. The van der Waals surface area contributed by atoms with Crippen LogP contribution in [0.25, 0.3) is 0 Å². The van der Waals surface area contributed by atoms with Crippen LogP contribution in [0.15, 0.2) is 18.2 Å². The maximum absolute atomic E-state index is 13.0. The predicted octanol–water partition coefficient (Wildman–Crippen LogP) is 1.92. The van der Waals surface area contributed by atoms with E-state index in [0.717, 1.165) is 32.4 Å². The van der Waals surface area contributed by atoms with Crippen LogP contribution < -0.4 is 19.7 Å². The molecule has 0 radical (unpaired) electrons. The van der Waals surface area contributed by atoms with Crippen LogP contribution in [0.4, 0.5) is 5.69 Å². The van der Waals surface area contributed by atoms with Gasteiger partial charge in [0.05, 0.1) is 5.92 Å². The lowest BCUT2D eigenvalue weighted by molar-refractivity contribution is -0.139. The molecular formula is C22H29N3O5. The van der Waals surface area contributed by atoms with Gasteiger partial charge in [-0.3, -0.25) is 14.4 Å². The number of benzene rings is 1. The molecule has 0 spiro atoms. The number of fused-ring (bicyclic) bond motifs is 1. The monoisotopic (exact) mass is 415 g/mol. The Bertz CT molecular complexity index is 834. The Morgan fingerprint density at radius 3 is 2.57 bits per heavy atom. The number of carbonyl (C=O) groups excluding carboxylic acids is 3. The number of rotatable bonds is 5. The van der Waals surface area contributed by atoms with Gasteiger partial charge < -0.3 is 24.6 Å². The third kappa shape index (κ3) is 4.08. The number of nitrogens with zero attached hydrogens (tertiary/aromatic N) is 2. The maximum Gasteiger partial charge on any atom is 0.245 e. The Morgan fingerprint density at radius 2 is 1.83 bits per heavy atom. The molecule has 1 aromatic rings. The van der Waals surface area contributed by atoms with Crippen LogP contribution in [0, 0.1) is 11.8 Å². The van der Waals surface area contributed by atoms with Crippen molar-refractivity contribution in [1.29, 1.82) is 0 Å². The molecular weight excluding hydrogens is 386 g/mol. The average Bonchev–Trinajstić information content (AvgIpc) is 3.37. The van der Waals surface area contributed by atoms with Gasteiger partial charge >= 0.3 is 0 Å². The van der Waals surface area contributed by atoms with Gasteiger partial charge in [0.1, 0.15) is 6.04 Å². The predicted molar refractivity (Wildman–Crippen MR) is 110 cm³/mol. The van der Waals surface area contributed by atoms with E-state index in [1.54, 1.807) is 23.1 Å². The molecule has 1 N–H and O–H groups in total. The van der Waals surface area contributed by atoms with Crippen LogP contribution in [0.3, 0.4) is 0 Å². The van der Waals surface area contributed by atoms with Crippen molar-refractivity contribution in [2.75, 3.05) is 31.3 Å². The molecule has 0 saturated carbocycles. The van der Waals surface area contributed by atoms with Crippen LogP contribution in [-0.4, -0.2) is 55.1 Å². The molecule has 1 aromatic carbocycles. The fourth-order valence-corrected chi connectivity index (χ4v) is 4.28. The first-order chi connectivity index (χ1) is 14.4.